The molecule has 0 spiro atoms. The molecule has 0 aliphatic heterocycles. The lowest BCUT2D eigenvalue weighted by Gasteiger charge is -2.25. The van der Waals surface area contributed by atoms with Crippen LogP contribution >= 0.6 is 0 Å². The maximum Gasteiger partial charge on any atom is 0.341 e. The highest BCUT2D eigenvalue weighted by Crippen LogP contribution is 2.26. The van der Waals surface area contributed by atoms with Crippen molar-refractivity contribution in [3.63, 3.8) is 0 Å². The Hall–Kier alpha value is -3.10. The highest BCUT2D eigenvalue weighted by molar-refractivity contribution is 7.91. The van der Waals surface area contributed by atoms with Gasteiger partial charge in [-0.2, -0.15) is 8.78 Å². The van der Waals surface area contributed by atoms with Gasteiger partial charge in [0.2, 0.25) is 9.84 Å². The number of carbonyl (C=O) groups is 1. The SMILES string of the molecule is C[C@](O)(CNC(=O)c1ccccc1S(=O)(=O)C(F)F)c1ccc(-c2ccccc2)cc1. The Morgan fingerprint density at radius 2 is 1.48 bits per heavy atom. The number of benzene rings is 3. The summed E-state index contributed by atoms with van der Waals surface area (Å²) in [4.78, 5) is 11.8. The fourth-order valence-corrected chi connectivity index (χ4v) is 4.03. The van der Waals surface area contributed by atoms with E-state index in [2.05, 4.69) is 5.32 Å². The Kier molecular flexibility index (Phi) is 6.52. The third-order valence-corrected chi connectivity index (χ3v) is 6.32. The monoisotopic (exact) mass is 445 g/mol. The van der Waals surface area contributed by atoms with Crippen molar-refractivity contribution >= 4 is 15.7 Å². The van der Waals surface area contributed by atoms with E-state index in [9.17, 15) is 27.1 Å². The lowest BCUT2D eigenvalue weighted by Crippen LogP contribution is -2.39. The molecule has 0 saturated carbocycles. The van der Waals surface area contributed by atoms with Crippen molar-refractivity contribution in [1.82, 2.24) is 5.32 Å². The molecule has 162 valence electrons. The normalized spacial score (nSPS) is 13.6. The van der Waals surface area contributed by atoms with Crippen molar-refractivity contribution in [3.05, 3.63) is 90.0 Å². The number of carbonyl (C=O) groups excluding carboxylic acids is 1. The summed E-state index contributed by atoms with van der Waals surface area (Å²) < 4.78 is 49.6. The Balaban J connectivity index is 1.76. The average Bonchev–Trinajstić information content (AvgIpc) is 2.78. The van der Waals surface area contributed by atoms with Gasteiger partial charge in [-0.25, -0.2) is 8.42 Å². The molecule has 0 aromatic heterocycles. The molecular formula is C23H21F2NO4S. The number of sulfone groups is 1. The van der Waals surface area contributed by atoms with Crippen molar-refractivity contribution in [2.75, 3.05) is 6.54 Å². The number of amides is 1. The zero-order valence-electron chi connectivity index (χ0n) is 16.6. The molecule has 0 bridgehead atoms. The number of halogens is 2. The zero-order valence-corrected chi connectivity index (χ0v) is 17.4. The summed E-state index contributed by atoms with van der Waals surface area (Å²) in [6.45, 7) is 1.24. The molecule has 2 N–H and O–H groups in total. The molecule has 0 radical (unpaired) electrons. The number of hydrogen-bond donors (Lipinski definition) is 2. The average molecular weight is 445 g/mol. The summed E-state index contributed by atoms with van der Waals surface area (Å²) in [6, 6.07) is 21.5. The molecule has 3 rings (SSSR count). The summed E-state index contributed by atoms with van der Waals surface area (Å²) >= 11 is 0. The smallest absolute Gasteiger partial charge is 0.341 e. The molecule has 8 heteroatoms. The van der Waals surface area contributed by atoms with E-state index in [0.29, 0.717) is 5.56 Å². The molecule has 0 saturated heterocycles. The van der Waals surface area contributed by atoms with Gasteiger partial charge < -0.3 is 10.4 Å². The standard InChI is InChI=1S/C23H21F2NO4S/c1-23(28,18-13-11-17(12-14-18)16-7-3-2-4-8-16)15-26-21(27)19-9-5-6-10-20(19)31(29,30)22(24)25/h2-14,22,28H,15H2,1H3,(H,26,27)/t23-/m0/s1. The maximum absolute atomic E-state index is 12.9. The summed E-state index contributed by atoms with van der Waals surface area (Å²) in [5.74, 6) is -4.52. The second-order valence-electron chi connectivity index (χ2n) is 7.20. The van der Waals surface area contributed by atoms with Gasteiger partial charge in [0.15, 0.2) is 0 Å². The van der Waals surface area contributed by atoms with Gasteiger partial charge in [0.05, 0.1) is 17.0 Å². The zero-order chi connectivity index (χ0) is 22.6. The Bertz CT molecular complexity index is 1160. The van der Waals surface area contributed by atoms with Crippen LogP contribution in [0.25, 0.3) is 11.1 Å². The first-order chi connectivity index (χ1) is 14.6. The van der Waals surface area contributed by atoms with Gasteiger partial charge in [-0.3, -0.25) is 4.79 Å². The molecule has 0 heterocycles. The lowest BCUT2D eigenvalue weighted by atomic mass is 9.93. The third-order valence-electron chi connectivity index (χ3n) is 4.88. The van der Waals surface area contributed by atoms with Crippen LogP contribution in [0.1, 0.15) is 22.8 Å². The fourth-order valence-electron chi connectivity index (χ4n) is 3.10. The largest absolute Gasteiger partial charge is 0.384 e. The van der Waals surface area contributed by atoms with Crippen LogP contribution in [0.5, 0.6) is 0 Å². The van der Waals surface area contributed by atoms with Crippen LogP contribution in [0.2, 0.25) is 0 Å². The van der Waals surface area contributed by atoms with Crippen molar-refractivity contribution < 1.29 is 27.1 Å². The van der Waals surface area contributed by atoms with Crippen LogP contribution in [-0.4, -0.2) is 31.7 Å². The van der Waals surface area contributed by atoms with Gasteiger partial charge in [0, 0.05) is 0 Å². The van der Waals surface area contributed by atoms with Crippen LogP contribution in [0.15, 0.2) is 83.8 Å². The quantitative estimate of drug-likeness (QED) is 0.576. The van der Waals surface area contributed by atoms with E-state index < -0.39 is 37.6 Å². The maximum atomic E-state index is 12.9. The second kappa shape index (κ2) is 8.95. The molecule has 0 fully saturated rings. The Morgan fingerprint density at radius 3 is 2.10 bits per heavy atom. The first kappa shape index (κ1) is 22.6. The van der Waals surface area contributed by atoms with Crippen molar-refractivity contribution in [2.45, 2.75) is 23.2 Å². The Morgan fingerprint density at radius 1 is 0.935 bits per heavy atom. The van der Waals surface area contributed by atoms with Crippen molar-refractivity contribution in [1.29, 1.82) is 0 Å². The molecule has 0 aliphatic rings. The van der Waals surface area contributed by atoms with E-state index in [1.54, 1.807) is 12.1 Å². The molecule has 1 amide bonds. The summed E-state index contributed by atoms with van der Waals surface area (Å²) in [7, 11) is -4.95. The Labute approximate surface area is 179 Å². The predicted octanol–water partition coefficient (Wildman–Crippen LogP) is 3.99. The van der Waals surface area contributed by atoms with E-state index in [1.807, 2.05) is 42.5 Å². The molecule has 1 atom stereocenters. The van der Waals surface area contributed by atoms with Crippen LogP contribution in [-0.2, 0) is 15.4 Å². The van der Waals surface area contributed by atoms with E-state index in [1.165, 1.54) is 19.1 Å². The molecule has 0 unspecified atom stereocenters. The van der Waals surface area contributed by atoms with Crippen LogP contribution < -0.4 is 5.32 Å². The summed E-state index contributed by atoms with van der Waals surface area (Å²) in [6.07, 6.45) is 0. The van der Waals surface area contributed by atoms with Gasteiger partial charge >= 0.3 is 5.76 Å². The lowest BCUT2D eigenvalue weighted by molar-refractivity contribution is 0.0525. The number of alkyl halides is 2. The van der Waals surface area contributed by atoms with Gasteiger partial charge in [0.25, 0.3) is 5.91 Å². The molecule has 31 heavy (non-hydrogen) atoms. The number of aliphatic hydroxyl groups is 1. The fraction of sp³-hybridized carbons (Fsp3) is 0.174. The molecule has 3 aromatic rings. The minimum absolute atomic E-state index is 0.250. The van der Waals surface area contributed by atoms with Crippen LogP contribution in [0.3, 0.4) is 0 Å². The van der Waals surface area contributed by atoms with Gasteiger partial charge in [-0.15, -0.1) is 0 Å². The molecule has 3 aromatic carbocycles. The van der Waals surface area contributed by atoms with Crippen LogP contribution in [0.4, 0.5) is 8.78 Å². The van der Waals surface area contributed by atoms with Gasteiger partial charge in [-0.1, -0.05) is 66.7 Å². The highest BCUT2D eigenvalue weighted by atomic mass is 32.2. The minimum Gasteiger partial charge on any atom is -0.384 e. The number of hydrogen-bond acceptors (Lipinski definition) is 4. The van der Waals surface area contributed by atoms with Gasteiger partial charge in [0.1, 0.15) is 5.60 Å². The first-order valence-corrected chi connectivity index (χ1v) is 11.0. The highest BCUT2D eigenvalue weighted by Gasteiger charge is 2.31. The van der Waals surface area contributed by atoms with E-state index in [-0.39, 0.29) is 6.54 Å². The molecule has 5 nitrogen and oxygen atoms in total. The van der Waals surface area contributed by atoms with Gasteiger partial charge in [-0.05, 0) is 35.7 Å². The number of rotatable bonds is 7. The van der Waals surface area contributed by atoms with Crippen molar-refractivity contribution in [2.24, 2.45) is 0 Å². The minimum atomic E-state index is -4.95. The molecule has 0 aliphatic carbocycles. The van der Waals surface area contributed by atoms with Crippen molar-refractivity contribution in [3.8, 4) is 11.1 Å². The first-order valence-electron chi connectivity index (χ1n) is 9.40. The number of nitrogens with one attached hydrogen (secondary N) is 1. The molecular weight excluding hydrogens is 424 g/mol. The predicted molar refractivity (Wildman–Crippen MR) is 113 cm³/mol. The van der Waals surface area contributed by atoms with E-state index in [4.69, 9.17) is 0 Å². The third kappa shape index (κ3) is 4.98. The van der Waals surface area contributed by atoms with E-state index >= 15 is 0 Å². The van der Waals surface area contributed by atoms with E-state index in [0.717, 1.165) is 23.3 Å². The summed E-state index contributed by atoms with van der Waals surface area (Å²) in [5, 5.41) is 13.2. The topological polar surface area (TPSA) is 83.5 Å². The van der Waals surface area contributed by atoms with Crippen LogP contribution in [0, 0.1) is 0 Å². The second-order valence-corrected chi connectivity index (χ2v) is 9.09. The summed E-state index contributed by atoms with van der Waals surface area (Å²) in [5.41, 5.74) is 0.620.